The average molecular weight is 672 g/mol. The molecule has 0 atom stereocenters. The molecule has 54 heavy (non-hydrogen) atoms. The van der Waals surface area contributed by atoms with E-state index in [1.165, 1.54) is 16.3 Å². The summed E-state index contributed by atoms with van der Waals surface area (Å²) in [6.45, 7) is 0. The Balaban J connectivity index is 1.22. The molecule has 0 bridgehead atoms. The van der Waals surface area contributed by atoms with Gasteiger partial charge >= 0.3 is 0 Å². The first-order chi connectivity index (χ1) is 26.4. The molecule has 1 aromatic heterocycles. The molecule has 0 spiro atoms. The fraction of sp³-hybridized carbons (Fsp3) is 0. The van der Waals surface area contributed by atoms with Gasteiger partial charge in [-0.15, -0.1) is 16.4 Å². The van der Waals surface area contributed by atoms with Crippen LogP contribution < -0.4 is 27.3 Å². The molecule has 0 saturated carbocycles. The van der Waals surface area contributed by atoms with Crippen molar-refractivity contribution >= 4 is 121 Å². The molecule has 1 heterocycles. The normalized spacial score (nSPS) is 11.7. The van der Waals surface area contributed by atoms with E-state index < -0.39 is 0 Å². The molecule has 0 aliphatic heterocycles. The molecule has 0 unspecified atom stereocenters. The first-order valence-corrected chi connectivity index (χ1v) is 17.9. The fourth-order valence-corrected chi connectivity index (χ4v) is 8.42. The predicted octanol–water partition coefficient (Wildman–Crippen LogP) is 7.68. The summed E-state index contributed by atoms with van der Waals surface area (Å²) in [6, 6.07) is 53.2. The lowest BCUT2D eigenvalue weighted by atomic mass is 9.59. The zero-order valence-corrected chi connectivity index (χ0v) is 29.2. The van der Waals surface area contributed by atoms with Gasteiger partial charge < -0.3 is 4.42 Å². The molecule has 0 aliphatic carbocycles. The number of para-hydroxylation sites is 1. The van der Waals surface area contributed by atoms with Gasteiger partial charge in [0.2, 0.25) is 0 Å². The van der Waals surface area contributed by atoms with Gasteiger partial charge in [-0.25, -0.2) is 0 Å². The average Bonchev–Trinajstić information content (AvgIpc) is 3.60. The molecule has 9 aromatic carbocycles. The van der Waals surface area contributed by atoms with Crippen molar-refractivity contribution in [3.63, 3.8) is 0 Å². The molecular weight excluding hydrogens is 647 g/mol. The maximum absolute atomic E-state index is 6.69. The van der Waals surface area contributed by atoms with E-state index in [1.54, 1.807) is 0 Å². The lowest BCUT2D eigenvalue weighted by molar-refractivity contribution is 0.669. The Morgan fingerprint density at radius 3 is 1.44 bits per heavy atom. The summed E-state index contributed by atoms with van der Waals surface area (Å²) in [5.74, 6) is 0. The van der Waals surface area contributed by atoms with Gasteiger partial charge in [-0.3, -0.25) is 0 Å². The summed E-state index contributed by atoms with van der Waals surface area (Å²) in [4.78, 5) is 0. The molecule has 0 saturated heterocycles. The van der Waals surface area contributed by atoms with Crippen molar-refractivity contribution in [2.24, 2.45) is 0 Å². The summed E-state index contributed by atoms with van der Waals surface area (Å²) in [6.07, 6.45) is 0. The zero-order valence-electron chi connectivity index (χ0n) is 29.2. The minimum atomic E-state index is 0.197. The van der Waals surface area contributed by atoms with Crippen LogP contribution in [0.1, 0.15) is 0 Å². The van der Waals surface area contributed by atoms with E-state index in [0.717, 1.165) is 76.9 Å². The van der Waals surface area contributed by atoms with Crippen molar-refractivity contribution in [1.29, 1.82) is 0 Å². The van der Waals surface area contributed by atoms with E-state index in [-0.39, 0.29) is 16.4 Å². The molecule has 0 aliphatic rings. The molecule has 6 heteroatoms. The summed E-state index contributed by atoms with van der Waals surface area (Å²) in [5, 5.41) is 8.65. The predicted molar refractivity (Wildman–Crippen MR) is 235 cm³/mol. The van der Waals surface area contributed by atoms with Crippen LogP contribution in [0.15, 0.2) is 156 Å². The Kier molecular flexibility index (Phi) is 7.53. The molecule has 0 fully saturated rings. The van der Waals surface area contributed by atoms with Gasteiger partial charge in [0.05, 0.1) is 0 Å². The first-order valence-electron chi connectivity index (χ1n) is 17.9. The van der Waals surface area contributed by atoms with Crippen LogP contribution in [0.5, 0.6) is 0 Å². The second-order valence-corrected chi connectivity index (χ2v) is 13.8. The number of hydrogen-bond acceptors (Lipinski definition) is 1. The maximum Gasteiger partial charge on any atom is 0.136 e. The SMILES string of the molecule is [B]c1c([B])c([B])c(-c2c3ccccc3c(-c3ccc(-c4ccc5oc6ccccc6c5c4-c4cccc5ccccc45)cc3)c3ccccc23)c([B])c1[B]. The molecule has 0 N–H and O–H groups in total. The Hall–Kier alpha value is -6.12. The molecular formula is C48H25B5O. The Labute approximate surface area is 320 Å². The molecule has 0 amide bonds. The molecule has 238 valence electrons. The number of benzene rings is 9. The van der Waals surface area contributed by atoms with Crippen molar-refractivity contribution in [3.8, 4) is 44.5 Å². The van der Waals surface area contributed by atoms with Gasteiger partial charge in [0.1, 0.15) is 50.4 Å². The quantitative estimate of drug-likeness (QED) is 0.138. The van der Waals surface area contributed by atoms with E-state index in [1.807, 2.05) is 24.3 Å². The summed E-state index contributed by atoms with van der Waals surface area (Å²) in [7, 11) is 32.4. The molecule has 1 nitrogen and oxygen atoms in total. The van der Waals surface area contributed by atoms with E-state index in [9.17, 15) is 0 Å². The van der Waals surface area contributed by atoms with Gasteiger partial charge in [-0.05, 0) is 83.4 Å². The van der Waals surface area contributed by atoms with Gasteiger partial charge in [-0.1, -0.05) is 150 Å². The Morgan fingerprint density at radius 1 is 0.296 bits per heavy atom. The van der Waals surface area contributed by atoms with Crippen LogP contribution in [0.25, 0.3) is 98.8 Å². The third-order valence-electron chi connectivity index (χ3n) is 11.0. The summed E-state index contributed by atoms with van der Waals surface area (Å²) in [5.41, 5.74) is 11.2. The van der Waals surface area contributed by atoms with Gasteiger partial charge in [0.15, 0.2) is 0 Å². The Morgan fingerprint density at radius 2 is 0.796 bits per heavy atom. The molecule has 10 aromatic rings. The van der Waals surface area contributed by atoms with E-state index >= 15 is 0 Å². The van der Waals surface area contributed by atoms with E-state index in [4.69, 9.17) is 43.6 Å². The topological polar surface area (TPSA) is 13.1 Å². The van der Waals surface area contributed by atoms with Crippen LogP contribution >= 0.6 is 0 Å². The van der Waals surface area contributed by atoms with Crippen molar-refractivity contribution in [2.45, 2.75) is 0 Å². The van der Waals surface area contributed by atoms with Crippen LogP contribution in [0.3, 0.4) is 0 Å². The number of rotatable bonds is 4. The van der Waals surface area contributed by atoms with Crippen LogP contribution in [0.2, 0.25) is 0 Å². The maximum atomic E-state index is 6.69. The standard InChI is InChI=1S/C48H25B5O/c49-44-43(45(50)47(52)48(53)46(44)51)41-34-15-5-3-13-32(34)39(33-14-4-6-16-35(33)41)28-22-20-27(21-23-28)30-24-25-38-42(36-17-7-8-19-37(36)54-38)40(30)31-18-9-11-26-10-1-2-12-29(26)31/h1-25H. The van der Waals surface area contributed by atoms with Crippen molar-refractivity contribution in [3.05, 3.63) is 152 Å². The lowest BCUT2D eigenvalue weighted by Gasteiger charge is -2.25. The molecule has 10 radical (unpaired) electrons. The lowest BCUT2D eigenvalue weighted by Crippen LogP contribution is -2.55. The van der Waals surface area contributed by atoms with Crippen molar-refractivity contribution in [2.75, 3.05) is 0 Å². The second-order valence-electron chi connectivity index (χ2n) is 13.8. The van der Waals surface area contributed by atoms with Gasteiger partial charge in [0.25, 0.3) is 0 Å². The highest BCUT2D eigenvalue weighted by atomic mass is 16.3. The third kappa shape index (κ3) is 4.79. The highest BCUT2D eigenvalue weighted by Crippen LogP contribution is 2.46. The number of furan rings is 1. The van der Waals surface area contributed by atoms with Gasteiger partial charge in [0, 0.05) is 16.3 Å². The van der Waals surface area contributed by atoms with Crippen LogP contribution in [0.4, 0.5) is 0 Å². The largest absolute Gasteiger partial charge is 0.456 e. The van der Waals surface area contributed by atoms with Crippen molar-refractivity contribution < 1.29 is 4.42 Å². The van der Waals surface area contributed by atoms with Gasteiger partial charge in [-0.2, -0.15) is 0 Å². The number of hydrogen-bond donors (Lipinski definition) is 0. The van der Waals surface area contributed by atoms with Crippen LogP contribution in [-0.2, 0) is 0 Å². The summed E-state index contributed by atoms with van der Waals surface area (Å²) < 4.78 is 6.42. The minimum absolute atomic E-state index is 0.197. The zero-order chi connectivity index (χ0) is 36.7. The fourth-order valence-electron chi connectivity index (χ4n) is 8.42. The van der Waals surface area contributed by atoms with E-state index in [0.29, 0.717) is 16.5 Å². The number of fused-ring (bicyclic) bond motifs is 6. The highest BCUT2D eigenvalue weighted by molar-refractivity contribution is 6.69. The van der Waals surface area contributed by atoms with Crippen LogP contribution in [0, 0.1) is 0 Å². The minimum Gasteiger partial charge on any atom is -0.456 e. The molecule has 10 rings (SSSR count). The summed E-state index contributed by atoms with van der Waals surface area (Å²) >= 11 is 0. The van der Waals surface area contributed by atoms with Crippen LogP contribution in [-0.4, -0.2) is 39.2 Å². The van der Waals surface area contributed by atoms with Crippen molar-refractivity contribution in [1.82, 2.24) is 0 Å². The highest BCUT2D eigenvalue weighted by Gasteiger charge is 2.22. The second kappa shape index (κ2) is 12.5. The monoisotopic (exact) mass is 672 g/mol. The first kappa shape index (κ1) is 32.5. The third-order valence-corrected chi connectivity index (χ3v) is 11.0. The smallest absolute Gasteiger partial charge is 0.136 e. The Bertz CT molecular complexity index is 3070. The van der Waals surface area contributed by atoms with E-state index in [2.05, 4.69) is 127 Å².